The minimum absolute atomic E-state index is 0.203. The number of nitrogens with two attached hydrogens (primary N) is 1. The van der Waals surface area contributed by atoms with Gasteiger partial charge in [-0.1, -0.05) is 12.1 Å². The van der Waals surface area contributed by atoms with Gasteiger partial charge < -0.3 is 15.8 Å². The Kier molecular flexibility index (Phi) is 4.55. The van der Waals surface area contributed by atoms with Gasteiger partial charge in [-0.05, 0) is 30.2 Å². The first-order valence-corrected chi connectivity index (χ1v) is 6.32. The molecule has 0 aliphatic heterocycles. The van der Waals surface area contributed by atoms with Gasteiger partial charge in [-0.25, -0.2) is 0 Å². The highest BCUT2D eigenvalue weighted by molar-refractivity contribution is 6.00. The van der Waals surface area contributed by atoms with Crippen LogP contribution in [0.1, 0.15) is 15.9 Å². The van der Waals surface area contributed by atoms with E-state index in [4.69, 9.17) is 10.5 Å². The zero-order valence-electron chi connectivity index (χ0n) is 11.3. The lowest BCUT2D eigenvalue weighted by molar-refractivity contribution is 0.0954. The number of carbonyl (C=O) groups is 1. The Morgan fingerprint density at radius 1 is 1.35 bits per heavy atom. The van der Waals surface area contributed by atoms with Gasteiger partial charge in [0.25, 0.3) is 5.91 Å². The number of ether oxygens (including phenoxy) is 1. The molecule has 0 fully saturated rings. The SMILES string of the molecule is COc1cccc(C(=O)NCCc2cccnc2)c1N. The molecule has 3 N–H and O–H groups in total. The maximum Gasteiger partial charge on any atom is 0.253 e. The molecule has 5 nitrogen and oxygen atoms in total. The van der Waals surface area contributed by atoms with Crippen molar-refractivity contribution in [2.24, 2.45) is 0 Å². The summed E-state index contributed by atoms with van der Waals surface area (Å²) in [6, 6.07) is 8.99. The van der Waals surface area contributed by atoms with Crippen molar-refractivity contribution in [3.05, 3.63) is 53.9 Å². The van der Waals surface area contributed by atoms with E-state index >= 15 is 0 Å². The number of carbonyl (C=O) groups excluding carboxylic acids is 1. The van der Waals surface area contributed by atoms with Gasteiger partial charge in [-0.2, -0.15) is 0 Å². The fourth-order valence-electron chi connectivity index (χ4n) is 1.88. The second kappa shape index (κ2) is 6.56. The van der Waals surface area contributed by atoms with E-state index < -0.39 is 0 Å². The second-order valence-electron chi connectivity index (χ2n) is 4.29. The van der Waals surface area contributed by atoms with Crippen molar-refractivity contribution < 1.29 is 9.53 Å². The summed E-state index contributed by atoms with van der Waals surface area (Å²) in [4.78, 5) is 16.1. The lowest BCUT2D eigenvalue weighted by atomic mass is 10.1. The van der Waals surface area contributed by atoms with E-state index in [1.165, 1.54) is 7.11 Å². The Bertz CT molecular complexity index is 585. The van der Waals surface area contributed by atoms with E-state index in [9.17, 15) is 4.79 Å². The standard InChI is InChI=1S/C15H17N3O2/c1-20-13-6-2-5-12(14(13)16)15(19)18-9-7-11-4-3-8-17-10-11/h2-6,8,10H,7,9,16H2,1H3,(H,18,19). The quantitative estimate of drug-likeness (QED) is 0.810. The largest absolute Gasteiger partial charge is 0.495 e. The van der Waals surface area contributed by atoms with Crippen molar-refractivity contribution in [3.63, 3.8) is 0 Å². The molecule has 2 aromatic rings. The van der Waals surface area contributed by atoms with Crippen LogP contribution in [0, 0.1) is 0 Å². The number of aromatic nitrogens is 1. The summed E-state index contributed by atoms with van der Waals surface area (Å²) < 4.78 is 5.10. The molecule has 0 unspecified atom stereocenters. The summed E-state index contributed by atoms with van der Waals surface area (Å²) in [6.07, 6.45) is 4.23. The number of hydrogen-bond donors (Lipinski definition) is 2. The molecule has 5 heteroatoms. The summed E-state index contributed by atoms with van der Waals surface area (Å²) in [5.41, 5.74) is 7.74. The monoisotopic (exact) mass is 271 g/mol. The molecular weight excluding hydrogens is 254 g/mol. The van der Waals surface area contributed by atoms with E-state index in [1.807, 2.05) is 12.1 Å². The molecule has 0 aliphatic carbocycles. The highest BCUT2D eigenvalue weighted by Gasteiger charge is 2.12. The maximum atomic E-state index is 12.1. The van der Waals surface area contributed by atoms with Crippen molar-refractivity contribution in [2.45, 2.75) is 6.42 Å². The summed E-state index contributed by atoms with van der Waals surface area (Å²) in [7, 11) is 1.52. The lowest BCUT2D eigenvalue weighted by Crippen LogP contribution is -2.26. The molecule has 2 rings (SSSR count). The summed E-state index contributed by atoms with van der Waals surface area (Å²) in [6.45, 7) is 0.529. The number of rotatable bonds is 5. The Morgan fingerprint density at radius 3 is 2.90 bits per heavy atom. The highest BCUT2D eigenvalue weighted by atomic mass is 16.5. The summed E-state index contributed by atoms with van der Waals surface area (Å²) in [5.74, 6) is 0.301. The number of pyridine rings is 1. The number of nitrogens with one attached hydrogen (secondary N) is 1. The summed E-state index contributed by atoms with van der Waals surface area (Å²) in [5, 5.41) is 2.84. The number of benzene rings is 1. The van der Waals surface area contributed by atoms with Crippen molar-refractivity contribution in [1.82, 2.24) is 10.3 Å². The molecule has 1 amide bonds. The minimum Gasteiger partial charge on any atom is -0.495 e. The maximum absolute atomic E-state index is 12.1. The fraction of sp³-hybridized carbons (Fsp3) is 0.200. The minimum atomic E-state index is -0.203. The van der Waals surface area contributed by atoms with Crippen LogP contribution < -0.4 is 15.8 Å². The predicted molar refractivity (Wildman–Crippen MR) is 77.7 cm³/mol. The number of hydrogen-bond acceptors (Lipinski definition) is 4. The zero-order valence-corrected chi connectivity index (χ0v) is 11.3. The van der Waals surface area contributed by atoms with E-state index in [0.29, 0.717) is 23.5 Å². The normalized spacial score (nSPS) is 10.1. The van der Waals surface area contributed by atoms with Crippen LogP contribution in [0.5, 0.6) is 5.75 Å². The Morgan fingerprint density at radius 2 is 2.20 bits per heavy atom. The zero-order chi connectivity index (χ0) is 14.4. The molecule has 1 aromatic carbocycles. The second-order valence-corrected chi connectivity index (χ2v) is 4.29. The molecule has 0 radical (unpaired) electrons. The molecule has 1 heterocycles. The number of nitrogens with zero attached hydrogens (tertiary/aromatic N) is 1. The van der Waals surface area contributed by atoms with Gasteiger partial charge in [0.15, 0.2) is 0 Å². The van der Waals surface area contributed by atoms with Crippen LogP contribution in [0.4, 0.5) is 5.69 Å². The molecular formula is C15H17N3O2. The van der Waals surface area contributed by atoms with Gasteiger partial charge in [0.05, 0.1) is 18.4 Å². The van der Waals surface area contributed by atoms with Crippen LogP contribution >= 0.6 is 0 Å². The molecule has 0 spiro atoms. The van der Waals surface area contributed by atoms with Gasteiger partial charge in [0.2, 0.25) is 0 Å². The average molecular weight is 271 g/mol. The van der Waals surface area contributed by atoms with Crippen LogP contribution in [-0.4, -0.2) is 24.5 Å². The molecule has 0 aliphatic rings. The Labute approximate surface area is 117 Å². The van der Waals surface area contributed by atoms with Crippen LogP contribution in [0.3, 0.4) is 0 Å². The first kappa shape index (κ1) is 13.9. The number of methoxy groups -OCH3 is 1. The van der Waals surface area contributed by atoms with E-state index in [1.54, 1.807) is 30.6 Å². The lowest BCUT2D eigenvalue weighted by Gasteiger charge is -2.10. The van der Waals surface area contributed by atoms with Crippen molar-refractivity contribution in [3.8, 4) is 5.75 Å². The Hall–Kier alpha value is -2.56. The topological polar surface area (TPSA) is 77.2 Å². The van der Waals surface area contributed by atoms with Gasteiger partial charge in [0.1, 0.15) is 5.75 Å². The third-order valence-corrected chi connectivity index (χ3v) is 2.95. The average Bonchev–Trinajstić information content (AvgIpc) is 2.48. The van der Waals surface area contributed by atoms with Gasteiger partial charge in [0, 0.05) is 18.9 Å². The van der Waals surface area contributed by atoms with Crippen molar-refractivity contribution >= 4 is 11.6 Å². The van der Waals surface area contributed by atoms with Gasteiger partial charge >= 0.3 is 0 Å². The van der Waals surface area contributed by atoms with Gasteiger partial charge in [-0.3, -0.25) is 9.78 Å². The number of amides is 1. The fourth-order valence-corrected chi connectivity index (χ4v) is 1.88. The Balaban J connectivity index is 1.95. The highest BCUT2D eigenvalue weighted by Crippen LogP contribution is 2.24. The molecule has 104 valence electrons. The molecule has 0 atom stereocenters. The predicted octanol–water partition coefficient (Wildman–Crippen LogP) is 1.64. The number of anilines is 1. The molecule has 1 aromatic heterocycles. The van der Waals surface area contributed by atoms with Crippen LogP contribution in [0.25, 0.3) is 0 Å². The van der Waals surface area contributed by atoms with Crippen LogP contribution in [-0.2, 0) is 6.42 Å². The molecule has 0 saturated carbocycles. The van der Waals surface area contributed by atoms with Crippen molar-refractivity contribution in [2.75, 3.05) is 19.4 Å². The third kappa shape index (κ3) is 3.26. The molecule has 0 saturated heterocycles. The number of nitrogen functional groups attached to an aromatic ring is 1. The summed E-state index contributed by atoms with van der Waals surface area (Å²) >= 11 is 0. The van der Waals surface area contributed by atoms with Gasteiger partial charge in [-0.15, -0.1) is 0 Å². The van der Waals surface area contributed by atoms with E-state index in [2.05, 4.69) is 10.3 Å². The molecule has 20 heavy (non-hydrogen) atoms. The van der Waals surface area contributed by atoms with E-state index in [0.717, 1.165) is 12.0 Å². The number of para-hydroxylation sites is 1. The third-order valence-electron chi connectivity index (χ3n) is 2.95. The first-order chi connectivity index (χ1) is 9.72. The van der Waals surface area contributed by atoms with Crippen LogP contribution in [0.15, 0.2) is 42.7 Å². The van der Waals surface area contributed by atoms with Crippen LogP contribution in [0.2, 0.25) is 0 Å². The van der Waals surface area contributed by atoms with Crippen molar-refractivity contribution in [1.29, 1.82) is 0 Å². The smallest absolute Gasteiger partial charge is 0.253 e. The molecule has 0 bridgehead atoms. The van der Waals surface area contributed by atoms with E-state index in [-0.39, 0.29) is 5.91 Å². The first-order valence-electron chi connectivity index (χ1n) is 6.32.